The van der Waals surface area contributed by atoms with Gasteiger partial charge in [0.25, 0.3) is 0 Å². The minimum Gasteiger partial charge on any atom is -0.382 e. The summed E-state index contributed by atoms with van der Waals surface area (Å²) in [6.07, 6.45) is 2.34. The quantitative estimate of drug-likeness (QED) is 0.565. The Kier molecular flexibility index (Phi) is 10.9. The Balaban J connectivity index is 3.63. The molecule has 0 radical (unpaired) electrons. The van der Waals surface area contributed by atoms with Gasteiger partial charge < -0.3 is 10.1 Å². The van der Waals surface area contributed by atoms with Crippen LogP contribution in [-0.2, 0) is 4.74 Å². The van der Waals surface area contributed by atoms with Crippen molar-refractivity contribution in [3.63, 3.8) is 0 Å². The van der Waals surface area contributed by atoms with Crippen molar-refractivity contribution >= 4 is 0 Å². The molecule has 0 aliphatic heterocycles. The second-order valence-electron chi connectivity index (χ2n) is 4.94. The average molecular weight is 244 g/mol. The Labute approximate surface area is 108 Å². The van der Waals surface area contributed by atoms with Gasteiger partial charge in [-0.2, -0.15) is 0 Å². The van der Waals surface area contributed by atoms with E-state index in [2.05, 4.69) is 37.9 Å². The van der Waals surface area contributed by atoms with Crippen LogP contribution in [0.1, 0.15) is 47.5 Å². The number of nitrogens with zero attached hydrogens (tertiary/aromatic N) is 1. The third-order valence-electron chi connectivity index (χ3n) is 3.00. The molecule has 0 aromatic heterocycles. The SMILES string of the molecule is CCCN(C(C)C)C(C)CNCCCOCC. The van der Waals surface area contributed by atoms with Crippen molar-refractivity contribution < 1.29 is 4.74 Å². The van der Waals surface area contributed by atoms with E-state index >= 15 is 0 Å². The lowest BCUT2D eigenvalue weighted by Gasteiger charge is -2.32. The van der Waals surface area contributed by atoms with Gasteiger partial charge in [0.1, 0.15) is 0 Å². The molecule has 17 heavy (non-hydrogen) atoms. The number of rotatable bonds is 11. The first kappa shape index (κ1) is 16.9. The van der Waals surface area contributed by atoms with Gasteiger partial charge in [0.15, 0.2) is 0 Å². The predicted octanol–water partition coefficient (Wildman–Crippen LogP) is 2.51. The van der Waals surface area contributed by atoms with Crippen LogP contribution in [0.4, 0.5) is 0 Å². The van der Waals surface area contributed by atoms with Gasteiger partial charge in [0.2, 0.25) is 0 Å². The maximum absolute atomic E-state index is 5.31. The molecule has 0 fully saturated rings. The third kappa shape index (κ3) is 8.58. The molecule has 0 aromatic carbocycles. The zero-order valence-corrected chi connectivity index (χ0v) is 12.5. The van der Waals surface area contributed by atoms with Crippen LogP contribution in [0.25, 0.3) is 0 Å². The summed E-state index contributed by atoms with van der Waals surface area (Å²) in [5, 5.41) is 3.52. The second kappa shape index (κ2) is 11.0. The highest BCUT2D eigenvalue weighted by Gasteiger charge is 2.15. The van der Waals surface area contributed by atoms with Crippen molar-refractivity contribution in [1.29, 1.82) is 0 Å². The molecule has 0 heterocycles. The van der Waals surface area contributed by atoms with Crippen molar-refractivity contribution in [1.82, 2.24) is 10.2 Å². The van der Waals surface area contributed by atoms with E-state index in [0.29, 0.717) is 12.1 Å². The zero-order chi connectivity index (χ0) is 13.1. The highest BCUT2D eigenvalue weighted by Crippen LogP contribution is 2.05. The molecule has 1 unspecified atom stereocenters. The molecule has 0 spiro atoms. The topological polar surface area (TPSA) is 24.5 Å². The fourth-order valence-electron chi connectivity index (χ4n) is 2.12. The molecule has 0 saturated carbocycles. The molecule has 1 N–H and O–H groups in total. The molecule has 0 rings (SSSR count). The predicted molar refractivity (Wildman–Crippen MR) is 75.6 cm³/mol. The van der Waals surface area contributed by atoms with E-state index in [1.807, 2.05) is 6.92 Å². The average Bonchev–Trinajstić information content (AvgIpc) is 2.29. The Bertz CT molecular complexity index is 162. The summed E-state index contributed by atoms with van der Waals surface area (Å²) < 4.78 is 5.31. The molecular weight excluding hydrogens is 212 g/mol. The van der Waals surface area contributed by atoms with Crippen LogP contribution >= 0.6 is 0 Å². The van der Waals surface area contributed by atoms with Crippen molar-refractivity contribution in [2.75, 3.05) is 32.8 Å². The third-order valence-corrected chi connectivity index (χ3v) is 3.00. The van der Waals surface area contributed by atoms with Crippen LogP contribution < -0.4 is 5.32 Å². The van der Waals surface area contributed by atoms with E-state index < -0.39 is 0 Å². The first-order chi connectivity index (χ1) is 8.13. The fourth-order valence-corrected chi connectivity index (χ4v) is 2.12. The van der Waals surface area contributed by atoms with Crippen molar-refractivity contribution in [3.05, 3.63) is 0 Å². The second-order valence-corrected chi connectivity index (χ2v) is 4.94. The summed E-state index contributed by atoms with van der Waals surface area (Å²) in [7, 11) is 0. The summed E-state index contributed by atoms with van der Waals surface area (Å²) >= 11 is 0. The van der Waals surface area contributed by atoms with Gasteiger partial charge in [-0.1, -0.05) is 6.92 Å². The molecule has 0 aromatic rings. The lowest BCUT2D eigenvalue weighted by molar-refractivity contribution is 0.140. The van der Waals surface area contributed by atoms with Gasteiger partial charge in [-0.25, -0.2) is 0 Å². The minimum absolute atomic E-state index is 0.613. The number of ether oxygens (including phenoxy) is 1. The Hall–Kier alpha value is -0.120. The Morgan fingerprint density at radius 1 is 1.18 bits per heavy atom. The van der Waals surface area contributed by atoms with Crippen LogP contribution in [0.3, 0.4) is 0 Å². The Morgan fingerprint density at radius 3 is 2.41 bits per heavy atom. The van der Waals surface area contributed by atoms with Gasteiger partial charge in [0.05, 0.1) is 0 Å². The minimum atomic E-state index is 0.613. The first-order valence-corrected chi connectivity index (χ1v) is 7.17. The highest BCUT2D eigenvalue weighted by molar-refractivity contribution is 4.72. The molecule has 0 saturated heterocycles. The van der Waals surface area contributed by atoms with Crippen LogP contribution in [0.15, 0.2) is 0 Å². The molecule has 0 aliphatic rings. The van der Waals surface area contributed by atoms with Crippen molar-refractivity contribution in [3.8, 4) is 0 Å². The molecular formula is C14H32N2O. The van der Waals surface area contributed by atoms with Crippen LogP contribution in [0, 0.1) is 0 Å². The largest absolute Gasteiger partial charge is 0.382 e. The van der Waals surface area contributed by atoms with E-state index in [1.54, 1.807) is 0 Å². The van der Waals surface area contributed by atoms with E-state index in [0.717, 1.165) is 32.7 Å². The maximum atomic E-state index is 5.31. The van der Waals surface area contributed by atoms with Gasteiger partial charge in [-0.15, -0.1) is 0 Å². The molecule has 3 heteroatoms. The van der Waals surface area contributed by atoms with Crippen molar-refractivity contribution in [2.24, 2.45) is 0 Å². The van der Waals surface area contributed by atoms with E-state index in [4.69, 9.17) is 4.74 Å². The number of hydrogen-bond donors (Lipinski definition) is 1. The maximum Gasteiger partial charge on any atom is 0.0477 e. The highest BCUT2D eigenvalue weighted by atomic mass is 16.5. The lowest BCUT2D eigenvalue weighted by atomic mass is 10.2. The summed E-state index contributed by atoms with van der Waals surface area (Å²) in [4.78, 5) is 2.57. The normalized spacial score (nSPS) is 13.6. The monoisotopic (exact) mass is 244 g/mol. The molecule has 0 aliphatic carbocycles. The lowest BCUT2D eigenvalue weighted by Crippen LogP contribution is -2.44. The van der Waals surface area contributed by atoms with E-state index in [9.17, 15) is 0 Å². The van der Waals surface area contributed by atoms with Gasteiger partial charge in [-0.3, -0.25) is 4.90 Å². The first-order valence-electron chi connectivity index (χ1n) is 7.17. The molecule has 3 nitrogen and oxygen atoms in total. The number of nitrogens with one attached hydrogen (secondary N) is 1. The van der Waals surface area contributed by atoms with E-state index in [-0.39, 0.29) is 0 Å². The van der Waals surface area contributed by atoms with Gasteiger partial charge in [-0.05, 0) is 53.6 Å². The molecule has 0 amide bonds. The summed E-state index contributed by atoms with van der Waals surface area (Å²) in [6, 6.07) is 1.25. The van der Waals surface area contributed by atoms with Gasteiger partial charge >= 0.3 is 0 Å². The standard InChI is InChI=1S/C14H32N2O/c1-6-10-16(13(3)4)14(5)12-15-9-8-11-17-7-2/h13-15H,6-12H2,1-5H3. The smallest absolute Gasteiger partial charge is 0.0477 e. The summed E-state index contributed by atoms with van der Waals surface area (Å²) in [6.45, 7) is 16.2. The molecule has 1 atom stereocenters. The van der Waals surface area contributed by atoms with E-state index in [1.165, 1.54) is 13.0 Å². The zero-order valence-electron chi connectivity index (χ0n) is 12.5. The van der Waals surface area contributed by atoms with Crippen LogP contribution in [0.5, 0.6) is 0 Å². The van der Waals surface area contributed by atoms with Gasteiger partial charge in [0, 0.05) is 31.8 Å². The van der Waals surface area contributed by atoms with Crippen molar-refractivity contribution in [2.45, 2.75) is 59.5 Å². The molecule has 104 valence electrons. The van der Waals surface area contributed by atoms with Crippen LogP contribution in [-0.4, -0.2) is 49.8 Å². The summed E-state index contributed by atoms with van der Waals surface area (Å²) in [5.74, 6) is 0. The molecule has 0 bridgehead atoms. The van der Waals surface area contributed by atoms with Crippen LogP contribution in [0.2, 0.25) is 0 Å². The fraction of sp³-hybridized carbons (Fsp3) is 1.00. The summed E-state index contributed by atoms with van der Waals surface area (Å²) in [5.41, 5.74) is 0. The Morgan fingerprint density at radius 2 is 1.88 bits per heavy atom. The number of hydrogen-bond acceptors (Lipinski definition) is 3.